The second kappa shape index (κ2) is 3.74. The van der Waals surface area contributed by atoms with Crippen LogP contribution in [-0.4, -0.2) is 24.5 Å². The van der Waals surface area contributed by atoms with E-state index in [-0.39, 0.29) is 0 Å². The van der Waals surface area contributed by atoms with Gasteiger partial charge in [-0.1, -0.05) is 0 Å². The van der Waals surface area contributed by atoms with Gasteiger partial charge in [0.2, 0.25) is 11.8 Å². The number of primary amides is 2. The highest BCUT2D eigenvalue weighted by atomic mass is 16.5. The van der Waals surface area contributed by atoms with Crippen LogP contribution in [-0.2, 0) is 14.3 Å². The van der Waals surface area contributed by atoms with Gasteiger partial charge in [-0.15, -0.1) is 0 Å². The molecule has 5 nitrogen and oxygen atoms in total. The molecule has 1 fully saturated rings. The van der Waals surface area contributed by atoms with Gasteiger partial charge in [0, 0.05) is 6.61 Å². The van der Waals surface area contributed by atoms with Gasteiger partial charge in [-0.3, -0.25) is 9.59 Å². The number of carbonyl (C=O) groups is 2. The van der Waals surface area contributed by atoms with Gasteiger partial charge in [0.15, 0.2) is 0 Å². The maximum Gasteiger partial charge on any atom is 0.228 e. The van der Waals surface area contributed by atoms with Crippen molar-refractivity contribution in [1.29, 1.82) is 0 Å². The summed E-state index contributed by atoms with van der Waals surface area (Å²) in [6.07, 6.45) is 0.0431. The van der Waals surface area contributed by atoms with Gasteiger partial charge in [0.05, 0.1) is 12.0 Å². The number of rotatable bonds is 2. The summed E-state index contributed by atoms with van der Waals surface area (Å²) in [5, 5.41) is 0. The van der Waals surface area contributed by atoms with Crippen LogP contribution in [0, 0.1) is 11.8 Å². The van der Waals surface area contributed by atoms with E-state index in [2.05, 4.69) is 0 Å². The molecule has 2 amide bonds. The summed E-state index contributed by atoms with van der Waals surface area (Å²) in [5.41, 5.74) is 10.3. The Labute approximate surface area is 76.4 Å². The lowest BCUT2D eigenvalue weighted by Gasteiger charge is -2.31. The van der Waals surface area contributed by atoms with Crippen LogP contribution in [0.2, 0.25) is 0 Å². The van der Waals surface area contributed by atoms with Crippen LogP contribution < -0.4 is 11.5 Å². The largest absolute Gasteiger partial charge is 0.377 e. The Bertz CT molecular complexity index is 229. The molecule has 1 aliphatic heterocycles. The van der Waals surface area contributed by atoms with E-state index in [1.54, 1.807) is 6.92 Å². The molecular weight excluding hydrogens is 172 g/mol. The molecule has 0 aromatic carbocycles. The van der Waals surface area contributed by atoms with Gasteiger partial charge in [-0.2, -0.15) is 0 Å². The van der Waals surface area contributed by atoms with E-state index in [0.29, 0.717) is 18.9 Å². The first-order valence-corrected chi connectivity index (χ1v) is 4.11. The highest BCUT2D eigenvalue weighted by Gasteiger charge is 2.39. The first-order valence-electron chi connectivity index (χ1n) is 4.11. The van der Waals surface area contributed by atoms with Crippen LogP contribution in [0.4, 0.5) is 0 Å². The van der Waals surface area contributed by atoms with Gasteiger partial charge in [-0.25, -0.2) is 0 Å². The Morgan fingerprint density at radius 3 is 2.46 bits per heavy atom. The van der Waals surface area contributed by atoms with Crippen LogP contribution in [0.1, 0.15) is 13.3 Å². The van der Waals surface area contributed by atoms with Gasteiger partial charge in [0.25, 0.3) is 0 Å². The fourth-order valence-corrected chi connectivity index (χ4v) is 1.56. The predicted molar refractivity (Wildman–Crippen MR) is 45.2 cm³/mol. The van der Waals surface area contributed by atoms with Crippen molar-refractivity contribution < 1.29 is 14.3 Å². The van der Waals surface area contributed by atoms with Crippen molar-refractivity contribution >= 4 is 11.8 Å². The van der Waals surface area contributed by atoms with Crippen molar-refractivity contribution in [2.45, 2.75) is 19.4 Å². The topological polar surface area (TPSA) is 95.4 Å². The lowest BCUT2D eigenvalue weighted by molar-refractivity contribution is -0.130. The minimum Gasteiger partial charge on any atom is -0.377 e. The van der Waals surface area contributed by atoms with Crippen molar-refractivity contribution in [3.63, 3.8) is 0 Å². The van der Waals surface area contributed by atoms with E-state index in [1.807, 2.05) is 0 Å². The molecule has 1 rings (SSSR count). The predicted octanol–water partition coefficient (Wildman–Crippen LogP) is -1.04. The van der Waals surface area contributed by atoms with Gasteiger partial charge in [-0.05, 0) is 13.3 Å². The minimum absolute atomic E-state index is 0.291. The normalized spacial score (nSPS) is 29.9. The molecule has 2 unspecified atom stereocenters. The molecule has 2 atom stereocenters. The summed E-state index contributed by atoms with van der Waals surface area (Å²) in [6.45, 7) is 2.13. The van der Waals surface area contributed by atoms with Gasteiger partial charge >= 0.3 is 0 Å². The summed E-state index contributed by atoms with van der Waals surface area (Å²) < 4.78 is 5.19. The van der Waals surface area contributed by atoms with E-state index in [4.69, 9.17) is 16.2 Å². The molecule has 0 bridgehead atoms. The highest BCUT2D eigenvalue weighted by Crippen LogP contribution is 2.28. The van der Waals surface area contributed by atoms with Gasteiger partial charge in [0.1, 0.15) is 5.92 Å². The number of carbonyl (C=O) groups excluding carboxylic acids is 2. The molecule has 4 N–H and O–H groups in total. The minimum atomic E-state index is -0.601. The molecular formula is C8H13N2O3. The standard InChI is InChI=1S/C8H13N2O3/c1-4-6(8(10)12)5(7(9)11)2-3-13-4/h4-5H,2-3H2,1H3,(H2,9,11)(H2,10,12). The Morgan fingerprint density at radius 2 is 2.08 bits per heavy atom. The molecule has 0 aliphatic carbocycles. The highest BCUT2D eigenvalue weighted by molar-refractivity contribution is 5.96. The maximum absolute atomic E-state index is 11.0. The molecule has 0 aromatic heterocycles. The average molecular weight is 185 g/mol. The van der Waals surface area contributed by atoms with E-state index < -0.39 is 23.8 Å². The van der Waals surface area contributed by atoms with E-state index in [1.165, 1.54) is 0 Å². The summed E-state index contributed by atoms with van der Waals surface area (Å²) >= 11 is 0. The Hall–Kier alpha value is -1.10. The summed E-state index contributed by atoms with van der Waals surface area (Å²) in [5.74, 6) is -1.38. The quantitative estimate of drug-likeness (QED) is 0.575. The van der Waals surface area contributed by atoms with E-state index in [0.717, 1.165) is 0 Å². The zero-order valence-corrected chi connectivity index (χ0v) is 7.45. The zero-order valence-electron chi connectivity index (χ0n) is 7.45. The van der Waals surface area contributed by atoms with Crippen LogP contribution >= 0.6 is 0 Å². The molecule has 0 spiro atoms. The first-order chi connectivity index (χ1) is 6.04. The second-order valence-corrected chi connectivity index (χ2v) is 3.08. The number of nitrogens with two attached hydrogens (primary N) is 2. The summed E-state index contributed by atoms with van der Waals surface area (Å²) in [4.78, 5) is 21.9. The van der Waals surface area contributed by atoms with Crippen LogP contribution in [0.3, 0.4) is 0 Å². The molecule has 1 saturated heterocycles. The smallest absolute Gasteiger partial charge is 0.228 e. The summed E-state index contributed by atoms with van der Waals surface area (Å²) in [7, 11) is 0. The molecule has 1 aliphatic rings. The summed E-state index contributed by atoms with van der Waals surface area (Å²) in [6, 6.07) is 0. The van der Waals surface area contributed by atoms with Crippen molar-refractivity contribution in [1.82, 2.24) is 0 Å². The Morgan fingerprint density at radius 1 is 1.46 bits per heavy atom. The molecule has 1 heterocycles. The lowest BCUT2D eigenvalue weighted by atomic mass is 9.83. The lowest BCUT2D eigenvalue weighted by Crippen LogP contribution is -2.46. The Balaban J connectivity index is 2.80. The fraction of sp³-hybridized carbons (Fsp3) is 0.625. The maximum atomic E-state index is 11.0. The van der Waals surface area contributed by atoms with Crippen LogP contribution in [0.5, 0.6) is 0 Å². The second-order valence-electron chi connectivity index (χ2n) is 3.08. The number of hydrogen-bond donors (Lipinski definition) is 2. The van der Waals surface area contributed by atoms with Crippen molar-refractivity contribution in [3.8, 4) is 0 Å². The fourth-order valence-electron chi connectivity index (χ4n) is 1.56. The molecule has 1 radical (unpaired) electrons. The number of ether oxygens (including phenoxy) is 1. The van der Waals surface area contributed by atoms with E-state index in [9.17, 15) is 9.59 Å². The number of hydrogen-bond acceptors (Lipinski definition) is 3. The number of amides is 2. The average Bonchev–Trinajstić information content (AvgIpc) is 2.02. The van der Waals surface area contributed by atoms with Gasteiger partial charge < -0.3 is 16.2 Å². The Kier molecular flexibility index (Phi) is 2.87. The SMILES string of the molecule is CC1OCCC(C(N)=O)[C]1C(N)=O. The van der Waals surface area contributed by atoms with Crippen molar-refractivity contribution in [2.75, 3.05) is 6.61 Å². The molecule has 5 heteroatoms. The molecule has 0 saturated carbocycles. The molecule has 13 heavy (non-hydrogen) atoms. The third-order valence-electron chi connectivity index (χ3n) is 2.22. The third-order valence-corrected chi connectivity index (χ3v) is 2.22. The van der Waals surface area contributed by atoms with Crippen molar-refractivity contribution in [2.24, 2.45) is 17.4 Å². The van der Waals surface area contributed by atoms with E-state index >= 15 is 0 Å². The monoisotopic (exact) mass is 185 g/mol. The molecule has 73 valence electrons. The molecule has 0 aromatic rings. The van der Waals surface area contributed by atoms with Crippen LogP contribution in [0.25, 0.3) is 0 Å². The third kappa shape index (κ3) is 1.98. The van der Waals surface area contributed by atoms with Crippen LogP contribution in [0.15, 0.2) is 0 Å². The zero-order chi connectivity index (χ0) is 10.0. The van der Waals surface area contributed by atoms with Crippen molar-refractivity contribution in [3.05, 3.63) is 5.92 Å². The first kappa shape index (κ1) is 9.98.